The van der Waals surface area contributed by atoms with Crippen molar-refractivity contribution in [3.05, 3.63) is 178 Å². The molecule has 0 amide bonds. The summed E-state index contributed by atoms with van der Waals surface area (Å²) < 4.78 is 0. The van der Waals surface area contributed by atoms with Crippen LogP contribution in [-0.4, -0.2) is 6.71 Å². The Bertz CT molecular complexity index is 3400. The molecule has 0 atom stereocenters. The van der Waals surface area contributed by atoms with E-state index in [2.05, 4.69) is 259 Å². The zero-order valence-corrected chi connectivity index (χ0v) is 47.7. The quantitative estimate of drug-likeness (QED) is 0.159. The van der Waals surface area contributed by atoms with Gasteiger partial charge in [0.15, 0.2) is 0 Å². The predicted molar refractivity (Wildman–Crippen MR) is 320 cm³/mol. The number of fused-ring (bicyclic) bond motifs is 7. The van der Waals surface area contributed by atoms with E-state index in [1.165, 1.54) is 108 Å². The van der Waals surface area contributed by atoms with Crippen LogP contribution in [0.1, 0.15) is 180 Å². The van der Waals surface area contributed by atoms with E-state index in [-0.39, 0.29) is 44.6 Å². The fourth-order valence-electron chi connectivity index (χ4n) is 14.8. The molecule has 0 N–H and O–H groups in total. The summed E-state index contributed by atoms with van der Waals surface area (Å²) in [6, 6.07) is 52.9. The van der Waals surface area contributed by atoms with Gasteiger partial charge >= 0.3 is 0 Å². The van der Waals surface area contributed by atoms with Crippen molar-refractivity contribution in [3.8, 4) is 0 Å². The van der Waals surface area contributed by atoms with Crippen LogP contribution in [0.15, 0.2) is 133 Å². The van der Waals surface area contributed by atoms with Crippen molar-refractivity contribution in [2.24, 2.45) is 0 Å². The van der Waals surface area contributed by atoms with Gasteiger partial charge in [-0.2, -0.15) is 0 Å². The first-order chi connectivity index (χ1) is 34.7. The van der Waals surface area contributed by atoms with Crippen molar-refractivity contribution in [2.45, 2.75) is 181 Å². The second-order valence-electron chi connectivity index (χ2n) is 28.4. The van der Waals surface area contributed by atoms with Gasteiger partial charge in [-0.15, -0.1) is 0 Å². The van der Waals surface area contributed by atoms with Crippen LogP contribution >= 0.6 is 0 Å². The fourth-order valence-corrected chi connectivity index (χ4v) is 14.8. The van der Waals surface area contributed by atoms with Crippen molar-refractivity contribution in [1.82, 2.24) is 0 Å². The summed E-state index contributed by atoms with van der Waals surface area (Å²) in [5.41, 5.74) is 27.1. The Morgan fingerprint density at radius 2 is 0.878 bits per heavy atom. The average molecular weight is 974 g/mol. The van der Waals surface area contributed by atoms with Crippen LogP contribution in [0.25, 0.3) is 0 Å². The Morgan fingerprint density at radius 3 is 1.45 bits per heavy atom. The van der Waals surface area contributed by atoms with Gasteiger partial charge in [0, 0.05) is 45.5 Å². The summed E-state index contributed by atoms with van der Waals surface area (Å²) >= 11 is 0. The largest absolute Gasteiger partial charge is 0.311 e. The standard InChI is InChI=1S/C70H80BN3/c1-44-35-51-54(68(11,12)34-33-66(51,7)8)41-58(44)74-60-42-55-53(69(13,14)43-70(55,15)16)40-57(60)71-56-30-27-45(64(2,3)4)36-59(56)73(48-28-29-50-52(37-48)67(9,10)32-31-65(50,5)6)61-38-49(39-62(74)63(61)71)72(46-23-19-17-20-24-46)47-25-21-18-22-26-47/h17-30,35-42H,31-34,43H2,1-16H3. The summed E-state index contributed by atoms with van der Waals surface area (Å²) in [4.78, 5) is 7.95. The van der Waals surface area contributed by atoms with Gasteiger partial charge in [-0.05, 0) is 205 Å². The van der Waals surface area contributed by atoms with Gasteiger partial charge in [0.05, 0.1) is 5.69 Å². The third kappa shape index (κ3) is 7.41. The maximum absolute atomic E-state index is 2.75. The monoisotopic (exact) mass is 974 g/mol. The lowest BCUT2D eigenvalue weighted by molar-refractivity contribution is 0.332. The minimum atomic E-state index is -0.0582. The first kappa shape index (κ1) is 48.9. The van der Waals surface area contributed by atoms with Crippen LogP contribution < -0.4 is 31.1 Å². The third-order valence-corrected chi connectivity index (χ3v) is 19.2. The van der Waals surface area contributed by atoms with Crippen LogP contribution in [0.2, 0.25) is 0 Å². The topological polar surface area (TPSA) is 9.72 Å². The molecule has 7 aromatic carbocycles. The first-order valence-electron chi connectivity index (χ1n) is 28.0. The molecule has 5 aliphatic rings. The number of aryl methyl sites for hydroxylation is 1. The second-order valence-corrected chi connectivity index (χ2v) is 28.4. The SMILES string of the molecule is Cc1cc2c(cc1N1c3cc4c(cc3B3c5ccc(C(C)(C)C)cc5N(c5ccc6c(c5)C(C)(C)CCC6(C)C)c5cc(N(c6ccccc6)c6ccccc6)cc1c53)C(C)(C)CC4(C)C)C(C)(C)CCC2(C)C. The summed E-state index contributed by atoms with van der Waals surface area (Å²) in [5, 5.41) is 0. The normalized spacial score (nSPS) is 19.6. The molecule has 12 rings (SSSR count). The van der Waals surface area contributed by atoms with Gasteiger partial charge in [0.1, 0.15) is 0 Å². The lowest BCUT2D eigenvalue weighted by Gasteiger charge is -2.47. The van der Waals surface area contributed by atoms with Gasteiger partial charge in [-0.3, -0.25) is 0 Å². The zero-order valence-electron chi connectivity index (χ0n) is 47.7. The van der Waals surface area contributed by atoms with Crippen LogP contribution in [0.5, 0.6) is 0 Å². The molecule has 0 spiro atoms. The van der Waals surface area contributed by atoms with Crippen molar-refractivity contribution >= 4 is 74.3 Å². The average Bonchev–Trinajstić information content (AvgIpc) is 3.52. The van der Waals surface area contributed by atoms with Gasteiger partial charge in [-0.25, -0.2) is 0 Å². The lowest BCUT2D eigenvalue weighted by Crippen LogP contribution is -2.61. The summed E-state index contributed by atoms with van der Waals surface area (Å²) in [6.45, 7) is 39.2. The van der Waals surface area contributed by atoms with Gasteiger partial charge < -0.3 is 14.7 Å². The Morgan fingerprint density at radius 1 is 0.405 bits per heavy atom. The van der Waals surface area contributed by atoms with Crippen molar-refractivity contribution in [1.29, 1.82) is 0 Å². The van der Waals surface area contributed by atoms with Crippen LogP contribution in [0, 0.1) is 6.92 Å². The highest BCUT2D eigenvalue weighted by Gasteiger charge is 2.50. The zero-order chi connectivity index (χ0) is 52.4. The minimum absolute atomic E-state index is 0.00593. The molecule has 0 radical (unpaired) electrons. The van der Waals surface area contributed by atoms with Gasteiger partial charge in [-0.1, -0.05) is 171 Å². The Kier molecular flexibility index (Phi) is 10.6. The molecule has 0 saturated heterocycles. The molecule has 74 heavy (non-hydrogen) atoms. The molecule has 3 nitrogen and oxygen atoms in total. The van der Waals surface area contributed by atoms with Gasteiger partial charge in [0.2, 0.25) is 0 Å². The van der Waals surface area contributed by atoms with Crippen molar-refractivity contribution in [3.63, 3.8) is 0 Å². The molecular formula is C70H80BN3. The number of para-hydroxylation sites is 2. The minimum Gasteiger partial charge on any atom is -0.311 e. The van der Waals surface area contributed by atoms with E-state index in [1.54, 1.807) is 0 Å². The Hall–Kier alpha value is -6.00. The van der Waals surface area contributed by atoms with E-state index in [0.717, 1.165) is 36.3 Å². The molecule has 4 heteroatoms. The first-order valence-corrected chi connectivity index (χ1v) is 28.0. The van der Waals surface area contributed by atoms with E-state index >= 15 is 0 Å². The number of nitrogens with zero attached hydrogens (tertiary/aromatic N) is 3. The number of hydrogen-bond donors (Lipinski definition) is 0. The molecular weight excluding hydrogens is 894 g/mol. The van der Waals surface area contributed by atoms with Crippen molar-refractivity contribution in [2.75, 3.05) is 14.7 Å². The van der Waals surface area contributed by atoms with E-state index in [9.17, 15) is 0 Å². The molecule has 0 bridgehead atoms. The predicted octanol–water partition coefficient (Wildman–Crippen LogP) is 17.5. The molecule has 7 aromatic rings. The molecule has 3 aliphatic carbocycles. The molecule has 2 aliphatic heterocycles. The highest BCUT2D eigenvalue weighted by Crippen LogP contribution is 2.56. The van der Waals surface area contributed by atoms with Gasteiger partial charge in [0.25, 0.3) is 6.71 Å². The highest BCUT2D eigenvalue weighted by atomic mass is 15.2. The number of hydrogen-bond acceptors (Lipinski definition) is 3. The summed E-state index contributed by atoms with van der Waals surface area (Å²) in [6.07, 6.45) is 5.80. The molecule has 0 aromatic heterocycles. The maximum atomic E-state index is 2.75. The van der Waals surface area contributed by atoms with Crippen LogP contribution in [-0.2, 0) is 37.9 Å². The fraction of sp³-hybridized carbons (Fsp3) is 0.400. The molecule has 2 heterocycles. The molecule has 0 saturated carbocycles. The Balaban J connectivity index is 1.26. The van der Waals surface area contributed by atoms with Crippen LogP contribution in [0.4, 0.5) is 51.2 Å². The van der Waals surface area contributed by atoms with Crippen molar-refractivity contribution < 1.29 is 0 Å². The van der Waals surface area contributed by atoms with E-state index in [4.69, 9.17) is 0 Å². The van der Waals surface area contributed by atoms with Crippen LogP contribution in [0.3, 0.4) is 0 Å². The third-order valence-electron chi connectivity index (χ3n) is 19.2. The Labute approximate surface area is 445 Å². The smallest absolute Gasteiger partial charge is 0.252 e. The number of rotatable bonds is 5. The number of anilines is 9. The molecule has 0 fully saturated rings. The maximum Gasteiger partial charge on any atom is 0.252 e. The molecule has 378 valence electrons. The molecule has 0 unspecified atom stereocenters. The lowest BCUT2D eigenvalue weighted by atomic mass is 9.33. The number of benzene rings is 7. The van der Waals surface area contributed by atoms with E-state index in [1.807, 2.05) is 0 Å². The summed E-state index contributed by atoms with van der Waals surface area (Å²) in [5.74, 6) is 0. The highest BCUT2D eigenvalue weighted by molar-refractivity contribution is 7.00. The second kappa shape index (κ2) is 16.0. The summed E-state index contributed by atoms with van der Waals surface area (Å²) in [7, 11) is 0. The van der Waals surface area contributed by atoms with E-state index < -0.39 is 0 Å². The van der Waals surface area contributed by atoms with E-state index in [0.29, 0.717) is 0 Å².